The summed E-state index contributed by atoms with van der Waals surface area (Å²) < 4.78 is 38.5. The third-order valence-corrected chi connectivity index (χ3v) is 3.99. The zero-order valence-corrected chi connectivity index (χ0v) is 12.0. The normalized spacial score (nSPS) is 12.7. The monoisotopic (exact) mass is 318 g/mol. The van der Waals surface area contributed by atoms with Crippen molar-refractivity contribution >= 4 is 21.9 Å². The summed E-state index contributed by atoms with van der Waals surface area (Å²) in [6.45, 7) is 1.10. The molecular weight excluding hydrogens is 303 g/mol. The summed E-state index contributed by atoms with van der Waals surface area (Å²) in [6.07, 6.45) is -0.210. The number of carboxylic acids is 1. The molecule has 1 atom stereocenters. The van der Waals surface area contributed by atoms with Crippen LogP contribution < -0.4 is 10.0 Å². The molecule has 9 heteroatoms. The van der Waals surface area contributed by atoms with Crippen molar-refractivity contribution < 1.29 is 27.5 Å². The lowest BCUT2D eigenvalue weighted by Crippen LogP contribution is -2.39. The van der Waals surface area contributed by atoms with Crippen molar-refractivity contribution in [2.24, 2.45) is 0 Å². The van der Waals surface area contributed by atoms with Gasteiger partial charge in [0.25, 0.3) is 0 Å². The van der Waals surface area contributed by atoms with E-state index in [9.17, 15) is 22.4 Å². The molecule has 21 heavy (non-hydrogen) atoms. The Hall–Kier alpha value is -2.00. The minimum atomic E-state index is -3.83. The van der Waals surface area contributed by atoms with E-state index in [2.05, 4.69) is 10.0 Å². The molecule has 3 N–H and O–H groups in total. The van der Waals surface area contributed by atoms with Crippen LogP contribution in [-0.4, -0.2) is 38.0 Å². The van der Waals surface area contributed by atoms with Crippen LogP contribution in [0.15, 0.2) is 29.2 Å². The number of carbonyl (C=O) groups excluding carboxylic acids is 1. The molecule has 0 spiro atoms. The Morgan fingerprint density at radius 1 is 1.29 bits per heavy atom. The van der Waals surface area contributed by atoms with Crippen LogP contribution in [-0.2, 0) is 19.6 Å². The molecule has 0 radical (unpaired) electrons. The van der Waals surface area contributed by atoms with Gasteiger partial charge in [-0.15, -0.1) is 0 Å². The predicted molar refractivity (Wildman–Crippen MR) is 71.4 cm³/mol. The molecular formula is C12H15FN2O5S. The standard InChI is InChI=1S/C12H15FN2O5S/c1-8(12(17)18)15-11(16)6-7-14-21(19,20)10-4-2-9(13)3-5-10/h2-5,8,14H,6-7H2,1H3,(H,15,16)(H,17,18). The fourth-order valence-corrected chi connectivity index (χ4v) is 2.40. The van der Waals surface area contributed by atoms with E-state index in [1.54, 1.807) is 0 Å². The molecule has 0 aromatic heterocycles. The van der Waals surface area contributed by atoms with E-state index in [1.165, 1.54) is 6.92 Å². The Balaban J connectivity index is 2.49. The third-order valence-electron chi connectivity index (χ3n) is 2.52. The van der Waals surface area contributed by atoms with Crippen molar-refractivity contribution in [1.82, 2.24) is 10.0 Å². The number of halogens is 1. The highest BCUT2D eigenvalue weighted by atomic mass is 32.2. The molecule has 116 valence electrons. The number of nitrogens with one attached hydrogen (secondary N) is 2. The maximum atomic E-state index is 12.7. The van der Waals surface area contributed by atoms with Crippen LogP contribution in [0, 0.1) is 5.82 Å². The molecule has 0 aliphatic carbocycles. The fraction of sp³-hybridized carbons (Fsp3) is 0.333. The smallest absolute Gasteiger partial charge is 0.325 e. The first-order chi connectivity index (χ1) is 9.72. The van der Waals surface area contributed by atoms with Crippen molar-refractivity contribution in [2.45, 2.75) is 24.3 Å². The Morgan fingerprint density at radius 2 is 1.86 bits per heavy atom. The number of sulfonamides is 1. The van der Waals surface area contributed by atoms with Crippen molar-refractivity contribution in [3.05, 3.63) is 30.1 Å². The number of aliphatic carboxylic acids is 1. The summed E-state index contributed by atoms with van der Waals surface area (Å²) in [7, 11) is -3.83. The van der Waals surface area contributed by atoms with Crippen LogP contribution in [0.4, 0.5) is 4.39 Å². The quantitative estimate of drug-likeness (QED) is 0.659. The molecule has 1 unspecified atom stereocenters. The minimum Gasteiger partial charge on any atom is -0.480 e. The van der Waals surface area contributed by atoms with E-state index in [4.69, 9.17) is 5.11 Å². The molecule has 0 fully saturated rings. The van der Waals surface area contributed by atoms with Gasteiger partial charge in [-0.3, -0.25) is 9.59 Å². The summed E-state index contributed by atoms with van der Waals surface area (Å²) in [4.78, 5) is 21.8. The maximum absolute atomic E-state index is 12.7. The number of rotatable bonds is 7. The summed E-state index contributed by atoms with van der Waals surface area (Å²) in [5.74, 6) is -2.34. The van der Waals surface area contributed by atoms with E-state index in [1.807, 2.05) is 0 Å². The number of amides is 1. The number of carboxylic acid groups (broad SMARTS) is 1. The Bertz CT molecular complexity index is 615. The van der Waals surface area contributed by atoms with Gasteiger partial charge < -0.3 is 10.4 Å². The minimum absolute atomic E-state index is 0.122. The van der Waals surface area contributed by atoms with Gasteiger partial charge in [0.2, 0.25) is 15.9 Å². The van der Waals surface area contributed by atoms with Crippen LogP contribution in [0.5, 0.6) is 0 Å². The highest BCUT2D eigenvalue weighted by Gasteiger charge is 2.16. The van der Waals surface area contributed by atoms with E-state index < -0.39 is 33.8 Å². The van der Waals surface area contributed by atoms with Gasteiger partial charge in [-0.25, -0.2) is 17.5 Å². The zero-order chi connectivity index (χ0) is 16.0. The van der Waals surface area contributed by atoms with E-state index in [-0.39, 0.29) is 17.9 Å². The van der Waals surface area contributed by atoms with Crippen LogP contribution in [0.3, 0.4) is 0 Å². The van der Waals surface area contributed by atoms with E-state index in [0.29, 0.717) is 0 Å². The molecule has 0 aliphatic heterocycles. The SMILES string of the molecule is CC(NC(=O)CCNS(=O)(=O)c1ccc(F)cc1)C(=O)O. The van der Waals surface area contributed by atoms with Crippen LogP contribution in [0.1, 0.15) is 13.3 Å². The van der Waals surface area contributed by atoms with Gasteiger partial charge in [0.15, 0.2) is 0 Å². The molecule has 1 rings (SSSR count). The number of benzene rings is 1. The van der Waals surface area contributed by atoms with Crippen molar-refractivity contribution in [3.63, 3.8) is 0 Å². The average Bonchev–Trinajstić information content (AvgIpc) is 2.38. The number of carbonyl (C=O) groups is 2. The van der Waals surface area contributed by atoms with Gasteiger partial charge in [-0.05, 0) is 31.2 Å². The van der Waals surface area contributed by atoms with E-state index >= 15 is 0 Å². The van der Waals surface area contributed by atoms with Gasteiger partial charge in [0.05, 0.1) is 4.90 Å². The van der Waals surface area contributed by atoms with Crippen LogP contribution in [0.25, 0.3) is 0 Å². The van der Waals surface area contributed by atoms with Crippen molar-refractivity contribution in [3.8, 4) is 0 Å². The summed E-state index contributed by atoms with van der Waals surface area (Å²) in [5.41, 5.74) is 0. The molecule has 0 aliphatic rings. The lowest BCUT2D eigenvalue weighted by atomic mass is 10.3. The molecule has 0 saturated carbocycles. The Morgan fingerprint density at radius 3 is 2.38 bits per heavy atom. The second kappa shape index (κ2) is 7.14. The Kier molecular flexibility index (Phi) is 5.79. The molecule has 7 nitrogen and oxygen atoms in total. The second-order valence-corrected chi connectivity index (χ2v) is 6.00. The Labute approximate surface area is 121 Å². The number of hydrogen-bond acceptors (Lipinski definition) is 4. The third kappa shape index (κ3) is 5.48. The lowest BCUT2D eigenvalue weighted by Gasteiger charge is -2.10. The highest BCUT2D eigenvalue weighted by Crippen LogP contribution is 2.09. The van der Waals surface area contributed by atoms with Crippen molar-refractivity contribution in [1.29, 1.82) is 0 Å². The first-order valence-corrected chi connectivity index (χ1v) is 7.48. The van der Waals surface area contributed by atoms with E-state index in [0.717, 1.165) is 24.3 Å². The molecule has 0 heterocycles. The molecule has 0 saturated heterocycles. The molecule has 1 amide bonds. The van der Waals surface area contributed by atoms with Gasteiger partial charge >= 0.3 is 5.97 Å². The lowest BCUT2D eigenvalue weighted by molar-refractivity contribution is -0.141. The maximum Gasteiger partial charge on any atom is 0.325 e. The highest BCUT2D eigenvalue weighted by molar-refractivity contribution is 7.89. The van der Waals surface area contributed by atoms with Gasteiger partial charge in [0, 0.05) is 13.0 Å². The first kappa shape index (κ1) is 17.1. The van der Waals surface area contributed by atoms with Crippen LogP contribution in [0.2, 0.25) is 0 Å². The average molecular weight is 318 g/mol. The fourth-order valence-electron chi connectivity index (χ4n) is 1.37. The zero-order valence-electron chi connectivity index (χ0n) is 11.2. The predicted octanol–water partition coefficient (Wildman–Crippen LogP) is 0.0834. The molecule has 0 bridgehead atoms. The summed E-state index contributed by atoms with van der Waals surface area (Å²) in [5, 5.41) is 10.8. The van der Waals surface area contributed by atoms with Gasteiger partial charge in [-0.1, -0.05) is 0 Å². The molecule has 1 aromatic carbocycles. The summed E-state index contributed by atoms with van der Waals surface area (Å²) in [6, 6.07) is 3.17. The van der Waals surface area contributed by atoms with Gasteiger partial charge in [-0.2, -0.15) is 0 Å². The van der Waals surface area contributed by atoms with Crippen LogP contribution >= 0.6 is 0 Å². The topological polar surface area (TPSA) is 113 Å². The second-order valence-electron chi connectivity index (χ2n) is 4.23. The van der Waals surface area contributed by atoms with Crippen molar-refractivity contribution in [2.75, 3.05) is 6.54 Å². The first-order valence-electron chi connectivity index (χ1n) is 6.00. The largest absolute Gasteiger partial charge is 0.480 e. The van der Waals surface area contributed by atoms with Gasteiger partial charge in [0.1, 0.15) is 11.9 Å². The number of hydrogen-bond donors (Lipinski definition) is 3. The molecule has 1 aromatic rings. The summed E-state index contributed by atoms with van der Waals surface area (Å²) >= 11 is 0.